The number of carbonyl (C=O) groups is 1. The summed E-state index contributed by atoms with van der Waals surface area (Å²) in [5, 5.41) is 2.53. The molecule has 8 heteroatoms. The van der Waals surface area contributed by atoms with Crippen LogP contribution in [0.15, 0.2) is 6.33 Å². The van der Waals surface area contributed by atoms with Gasteiger partial charge in [0.25, 0.3) is 0 Å². The molecule has 0 atom stereocenters. The van der Waals surface area contributed by atoms with E-state index in [4.69, 9.17) is 11.6 Å². The number of fused-ring (bicyclic) bond motifs is 1. The molecule has 16 heavy (non-hydrogen) atoms. The van der Waals surface area contributed by atoms with Gasteiger partial charge in [-0.1, -0.05) is 11.6 Å². The van der Waals surface area contributed by atoms with Crippen molar-refractivity contribution < 1.29 is 9.53 Å². The first-order valence-electron chi connectivity index (χ1n) is 4.51. The normalized spacial score (nSPS) is 10.4. The van der Waals surface area contributed by atoms with E-state index in [9.17, 15) is 4.79 Å². The molecule has 0 saturated carbocycles. The Morgan fingerprint density at radius 1 is 1.62 bits per heavy atom. The summed E-state index contributed by atoms with van der Waals surface area (Å²) in [6, 6.07) is 0. The van der Waals surface area contributed by atoms with E-state index in [1.54, 1.807) is 6.92 Å². The number of carbonyl (C=O) groups excluding carboxylic acids is 1. The molecular weight excluding hydrogens is 234 g/mol. The topological polar surface area (TPSA) is 92.8 Å². The van der Waals surface area contributed by atoms with Crippen LogP contribution in [0, 0.1) is 0 Å². The predicted octanol–water partition coefficient (Wildman–Crippen LogP) is 1.57. The van der Waals surface area contributed by atoms with Crippen LogP contribution < -0.4 is 5.32 Å². The lowest BCUT2D eigenvalue weighted by Crippen LogP contribution is -2.15. The number of amides is 1. The molecule has 84 valence electrons. The summed E-state index contributed by atoms with van der Waals surface area (Å²) in [7, 11) is 0. The summed E-state index contributed by atoms with van der Waals surface area (Å²) < 4.78 is 4.68. The minimum atomic E-state index is -0.631. The van der Waals surface area contributed by atoms with Crippen molar-refractivity contribution in [1.29, 1.82) is 0 Å². The maximum absolute atomic E-state index is 11.1. The molecule has 0 aliphatic heterocycles. The van der Waals surface area contributed by atoms with Crippen LogP contribution >= 0.6 is 11.6 Å². The van der Waals surface area contributed by atoms with Crippen molar-refractivity contribution in [3.63, 3.8) is 0 Å². The Bertz CT molecular complexity index is 526. The highest BCUT2D eigenvalue weighted by Crippen LogP contribution is 2.18. The van der Waals surface area contributed by atoms with Crippen LogP contribution in [0.5, 0.6) is 0 Å². The smallest absolute Gasteiger partial charge is 0.414 e. The van der Waals surface area contributed by atoms with E-state index in [1.807, 2.05) is 0 Å². The first-order chi connectivity index (χ1) is 7.70. The van der Waals surface area contributed by atoms with Gasteiger partial charge in [-0.3, -0.25) is 5.32 Å². The third-order valence-corrected chi connectivity index (χ3v) is 2.00. The summed E-state index contributed by atoms with van der Waals surface area (Å²) in [5.41, 5.74) is 0.905. The third kappa shape index (κ3) is 2.03. The molecule has 0 fully saturated rings. The van der Waals surface area contributed by atoms with Crippen molar-refractivity contribution >= 4 is 34.8 Å². The summed E-state index contributed by atoms with van der Waals surface area (Å²) in [6.45, 7) is 1.97. The number of halogens is 1. The highest BCUT2D eigenvalue weighted by Gasteiger charge is 2.10. The lowest BCUT2D eigenvalue weighted by atomic mass is 10.5. The van der Waals surface area contributed by atoms with Crippen molar-refractivity contribution in [2.75, 3.05) is 11.9 Å². The second-order valence-electron chi connectivity index (χ2n) is 2.78. The van der Waals surface area contributed by atoms with Gasteiger partial charge >= 0.3 is 6.09 Å². The van der Waals surface area contributed by atoms with Gasteiger partial charge in [0.05, 0.1) is 12.9 Å². The summed E-state index contributed by atoms with van der Waals surface area (Å²) >= 11 is 5.85. The molecule has 0 unspecified atom stereocenters. The molecule has 2 aromatic rings. The molecule has 0 aromatic carbocycles. The number of rotatable bonds is 2. The fourth-order valence-corrected chi connectivity index (χ4v) is 1.33. The fraction of sp³-hybridized carbons (Fsp3) is 0.250. The van der Waals surface area contributed by atoms with Gasteiger partial charge in [-0.2, -0.15) is 9.97 Å². The number of nitrogens with zero attached hydrogens (tertiary/aromatic N) is 3. The lowest BCUT2D eigenvalue weighted by molar-refractivity contribution is 0.167. The molecule has 1 amide bonds. The largest absolute Gasteiger partial charge is 0.450 e. The number of hydrogen-bond donors (Lipinski definition) is 2. The zero-order chi connectivity index (χ0) is 11.5. The van der Waals surface area contributed by atoms with E-state index in [2.05, 4.69) is 30.0 Å². The van der Waals surface area contributed by atoms with Gasteiger partial charge in [0, 0.05) is 0 Å². The van der Waals surface area contributed by atoms with Crippen LogP contribution in [0.4, 0.5) is 10.7 Å². The highest BCUT2D eigenvalue weighted by atomic mass is 35.5. The maximum atomic E-state index is 11.1. The van der Waals surface area contributed by atoms with Gasteiger partial charge in [0.2, 0.25) is 5.95 Å². The fourth-order valence-electron chi connectivity index (χ4n) is 1.11. The van der Waals surface area contributed by atoms with Gasteiger partial charge in [0.15, 0.2) is 10.8 Å². The Labute approximate surface area is 95.2 Å². The van der Waals surface area contributed by atoms with Crippen LogP contribution in [0.25, 0.3) is 11.2 Å². The standard InChI is InChI=1S/C8H8ClN5O2/c1-2-16-8(15)14-7-12-5(9)4-6(13-7)11-3-10-4/h3H,2H2,1H3,(H2,10,11,12,13,14,15). The molecule has 2 aromatic heterocycles. The van der Waals surface area contributed by atoms with Gasteiger partial charge in [-0.15, -0.1) is 0 Å². The summed E-state index contributed by atoms with van der Waals surface area (Å²) in [4.78, 5) is 25.6. The average molecular weight is 242 g/mol. The summed E-state index contributed by atoms with van der Waals surface area (Å²) in [6.07, 6.45) is 0.813. The molecule has 0 aliphatic carbocycles. The first kappa shape index (κ1) is 10.6. The molecule has 7 nitrogen and oxygen atoms in total. The molecule has 0 bridgehead atoms. The van der Waals surface area contributed by atoms with E-state index in [1.165, 1.54) is 6.33 Å². The monoisotopic (exact) mass is 241 g/mol. The number of H-pyrrole nitrogens is 1. The first-order valence-corrected chi connectivity index (χ1v) is 4.89. The van der Waals surface area contributed by atoms with E-state index < -0.39 is 6.09 Å². The van der Waals surface area contributed by atoms with Crippen LogP contribution in [-0.4, -0.2) is 32.6 Å². The zero-order valence-corrected chi connectivity index (χ0v) is 9.08. The van der Waals surface area contributed by atoms with E-state index in [0.29, 0.717) is 11.2 Å². The Kier molecular flexibility index (Phi) is 2.86. The highest BCUT2D eigenvalue weighted by molar-refractivity contribution is 6.33. The van der Waals surface area contributed by atoms with Crippen molar-refractivity contribution in [2.24, 2.45) is 0 Å². The number of imidazole rings is 1. The number of hydrogen-bond acceptors (Lipinski definition) is 5. The molecule has 2 heterocycles. The number of aromatic amines is 1. The quantitative estimate of drug-likeness (QED) is 0.779. The predicted molar refractivity (Wildman–Crippen MR) is 57.3 cm³/mol. The van der Waals surface area contributed by atoms with Crippen LogP contribution in [0.3, 0.4) is 0 Å². The number of anilines is 1. The SMILES string of the molecule is CCOC(=O)Nc1nc(Cl)c2[nH]cnc2n1. The Balaban J connectivity index is 2.28. The Morgan fingerprint density at radius 2 is 2.44 bits per heavy atom. The second kappa shape index (κ2) is 4.31. The van der Waals surface area contributed by atoms with E-state index in [-0.39, 0.29) is 17.7 Å². The molecular formula is C8H8ClN5O2. The zero-order valence-electron chi connectivity index (χ0n) is 8.32. The maximum Gasteiger partial charge on any atom is 0.414 e. The molecule has 2 N–H and O–H groups in total. The van der Waals surface area contributed by atoms with E-state index >= 15 is 0 Å². The van der Waals surface area contributed by atoms with Crippen molar-refractivity contribution in [3.8, 4) is 0 Å². The van der Waals surface area contributed by atoms with Crippen LogP contribution in [0.2, 0.25) is 5.15 Å². The molecule has 2 rings (SSSR count). The molecule has 0 radical (unpaired) electrons. The number of nitrogens with one attached hydrogen (secondary N) is 2. The van der Waals surface area contributed by atoms with E-state index in [0.717, 1.165) is 0 Å². The third-order valence-electron chi connectivity index (χ3n) is 1.73. The molecule has 0 aliphatic rings. The average Bonchev–Trinajstić information content (AvgIpc) is 2.66. The van der Waals surface area contributed by atoms with Gasteiger partial charge in [-0.25, -0.2) is 9.78 Å². The molecule has 0 saturated heterocycles. The van der Waals surface area contributed by atoms with Crippen LogP contribution in [-0.2, 0) is 4.74 Å². The van der Waals surface area contributed by atoms with Gasteiger partial charge in [-0.05, 0) is 6.92 Å². The molecule has 0 spiro atoms. The van der Waals surface area contributed by atoms with Crippen molar-refractivity contribution in [3.05, 3.63) is 11.5 Å². The van der Waals surface area contributed by atoms with Crippen molar-refractivity contribution in [2.45, 2.75) is 6.92 Å². The second-order valence-corrected chi connectivity index (χ2v) is 3.14. The van der Waals surface area contributed by atoms with Gasteiger partial charge < -0.3 is 9.72 Å². The van der Waals surface area contributed by atoms with Gasteiger partial charge in [0.1, 0.15) is 5.52 Å². The number of ether oxygens (including phenoxy) is 1. The number of aromatic nitrogens is 4. The Hall–Kier alpha value is -1.89. The summed E-state index contributed by atoms with van der Waals surface area (Å²) in [5.74, 6) is 0.0584. The Morgan fingerprint density at radius 3 is 3.19 bits per heavy atom. The van der Waals surface area contributed by atoms with Crippen LogP contribution in [0.1, 0.15) is 6.92 Å². The minimum Gasteiger partial charge on any atom is -0.450 e. The minimum absolute atomic E-state index is 0.0584. The lowest BCUT2D eigenvalue weighted by Gasteiger charge is -2.03. The van der Waals surface area contributed by atoms with Crippen molar-refractivity contribution in [1.82, 2.24) is 19.9 Å².